The molecule has 2 aromatic carbocycles. The van der Waals surface area contributed by atoms with Crippen molar-refractivity contribution in [2.45, 2.75) is 53.9 Å². The van der Waals surface area contributed by atoms with E-state index < -0.39 is 0 Å². The van der Waals surface area contributed by atoms with Crippen molar-refractivity contribution in [2.24, 2.45) is 11.8 Å². The summed E-state index contributed by atoms with van der Waals surface area (Å²) in [4.78, 5) is 0. The summed E-state index contributed by atoms with van der Waals surface area (Å²) in [5, 5.41) is 0. The van der Waals surface area contributed by atoms with E-state index in [0.29, 0.717) is 11.8 Å². The Morgan fingerprint density at radius 1 is 0.885 bits per heavy atom. The zero-order valence-electron chi connectivity index (χ0n) is 17.2. The Morgan fingerprint density at radius 2 is 1.50 bits per heavy atom. The second kappa shape index (κ2) is 9.57. The van der Waals surface area contributed by atoms with Gasteiger partial charge in [0.05, 0.1) is 0 Å². The van der Waals surface area contributed by atoms with Gasteiger partial charge in [0.2, 0.25) is 0 Å². The van der Waals surface area contributed by atoms with Gasteiger partial charge in [-0.15, -0.1) is 6.58 Å². The second-order valence-corrected chi connectivity index (χ2v) is 7.90. The van der Waals surface area contributed by atoms with E-state index >= 15 is 0 Å². The van der Waals surface area contributed by atoms with Crippen molar-refractivity contribution in [1.82, 2.24) is 0 Å². The lowest BCUT2D eigenvalue weighted by Crippen LogP contribution is -2.03. The SMILES string of the molecule is C=CC(C)/C=C\c1c(CCc2cccc(C)c2C)cccc1CC(C)C. The number of aryl methyl sites for hydroxylation is 3. The summed E-state index contributed by atoms with van der Waals surface area (Å²) >= 11 is 0. The standard InChI is InChI=1S/C26H34/c1-7-20(4)14-17-26-24(12-9-13-25(26)18-19(2)3)16-15-23-11-8-10-21(5)22(23)6/h7-14,17,19-20H,1,15-16,18H2,2-6H3/b17-14-. The molecule has 0 amide bonds. The second-order valence-electron chi connectivity index (χ2n) is 7.90. The maximum Gasteiger partial charge on any atom is -0.00812 e. The smallest absolute Gasteiger partial charge is 0.00812 e. The molecule has 0 bridgehead atoms. The van der Waals surface area contributed by atoms with Gasteiger partial charge in [-0.3, -0.25) is 0 Å². The first-order valence-corrected chi connectivity index (χ1v) is 9.89. The lowest BCUT2D eigenvalue weighted by molar-refractivity contribution is 0.646. The molecule has 2 rings (SSSR count). The fourth-order valence-electron chi connectivity index (χ4n) is 3.39. The van der Waals surface area contributed by atoms with Crippen molar-refractivity contribution < 1.29 is 0 Å². The van der Waals surface area contributed by atoms with Crippen molar-refractivity contribution in [1.29, 1.82) is 0 Å². The summed E-state index contributed by atoms with van der Waals surface area (Å²) in [6.07, 6.45) is 9.89. The van der Waals surface area contributed by atoms with Crippen LogP contribution in [0.3, 0.4) is 0 Å². The Labute approximate surface area is 160 Å². The third-order valence-electron chi connectivity index (χ3n) is 5.23. The molecule has 0 aliphatic carbocycles. The maximum atomic E-state index is 3.91. The highest BCUT2D eigenvalue weighted by Gasteiger charge is 2.09. The Morgan fingerprint density at radius 3 is 2.19 bits per heavy atom. The Balaban J connectivity index is 2.32. The molecular weight excluding hydrogens is 312 g/mol. The monoisotopic (exact) mass is 346 g/mol. The first-order valence-electron chi connectivity index (χ1n) is 9.89. The molecule has 26 heavy (non-hydrogen) atoms. The van der Waals surface area contributed by atoms with Gasteiger partial charge in [-0.1, -0.05) is 75.4 Å². The van der Waals surface area contributed by atoms with Crippen molar-refractivity contribution in [3.63, 3.8) is 0 Å². The molecule has 0 saturated heterocycles. The number of allylic oxidation sites excluding steroid dienone is 2. The maximum absolute atomic E-state index is 3.91. The molecule has 0 fully saturated rings. The normalized spacial score (nSPS) is 12.7. The van der Waals surface area contributed by atoms with Gasteiger partial charge in [-0.25, -0.2) is 0 Å². The summed E-state index contributed by atoms with van der Waals surface area (Å²) in [5.74, 6) is 1.06. The highest BCUT2D eigenvalue weighted by Crippen LogP contribution is 2.23. The van der Waals surface area contributed by atoms with Crippen LogP contribution in [0.15, 0.2) is 55.1 Å². The van der Waals surface area contributed by atoms with Crippen LogP contribution in [0, 0.1) is 25.7 Å². The average molecular weight is 347 g/mol. The van der Waals surface area contributed by atoms with Gasteiger partial charge < -0.3 is 0 Å². The van der Waals surface area contributed by atoms with Crippen LogP contribution < -0.4 is 0 Å². The molecule has 0 saturated carbocycles. The molecule has 2 aromatic rings. The number of rotatable bonds is 8. The van der Waals surface area contributed by atoms with Crippen LogP contribution in [0.2, 0.25) is 0 Å². The van der Waals surface area contributed by atoms with Crippen molar-refractivity contribution >= 4 is 6.08 Å². The minimum atomic E-state index is 0.397. The van der Waals surface area contributed by atoms with E-state index in [9.17, 15) is 0 Å². The molecule has 0 N–H and O–H groups in total. The molecule has 1 atom stereocenters. The van der Waals surface area contributed by atoms with Crippen molar-refractivity contribution in [3.05, 3.63) is 88.5 Å². The molecule has 138 valence electrons. The summed E-state index contributed by atoms with van der Waals surface area (Å²) in [5.41, 5.74) is 8.62. The third kappa shape index (κ3) is 5.46. The molecular formula is C26H34. The van der Waals surface area contributed by atoms with E-state index in [-0.39, 0.29) is 0 Å². The van der Waals surface area contributed by atoms with Gasteiger partial charge in [-0.2, -0.15) is 0 Å². The largest absolute Gasteiger partial charge is 0.102 e. The first-order chi connectivity index (χ1) is 12.4. The van der Waals surface area contributed by atoms with Gasteiger partial charge in [0.15, 0.2) is 0 Å². The van der Waals surface area contributed by atoms with Crippen LogP contribution in [0.4, 0.5) is 0 Å². The molecule has 0 nitrogen and oxygen atoms in total. The predicted octanol–water partition coefficient (Wildman–Crippen LogP) is 7.12. The van der Waals surface area contributed by atoms with E-state index in [0.717, 1.165) is 19.3 Å². The van der Waals surface area contributed by atoms with Gasteiger partial charge in [-0.05, 0) is 78.3 Å². The summed E-state index contributed by atoms with van der Waals surface area (Å²) < 4.78 is 0. The lowest BCUT2D eigenvalue weighted by Gasteiger charge is -2.15. The van der Waals surface area contributed by atoms with Crippen molar-refractivity contribution in [3.8, 4) is 0 Å². The summed E-state index contributed by atoms with van der Waals surface area (Å²) in [6.45, 7) is 15.1. The minimum Gasteiger partial charge on any atom is -0.102 e. The first kappa shape index (κ1) is 20.2. The Kier molecular flexibility index (Phi) is 7.45. The third-order valence-corrected chi connectivity index (χ3v) is 5.23. The number of hydrogen-bond donors (Lipinski definition) is 0. The zero-order valence-corrected chi connectivity index (χ0v) is 17.2. The average Bonchev–Trinajstić information content (AvgIpc) is 2.61. The van der Waals surface area contributed by atoms with Crippen LogP contribution in [0.25, 0.3) is 6.08 Å². The number of hydrogen-bond acceptors (Lipinski definition) is 0. The molecule has 1 unspecified atom stereocenters. The van der Waals surface area contributed by atoms with E-state index in [1.54, 1.807) is 0 Å². The quantitative estimate of drug-likeness (QED) is 0.446. The molecule has 0 heterocycles. The van der Waals surface area contributed by atoms with Crippen LogP contribution in [0.5, 0.6) is 0 Å². The van der Waals surface area contributed by atoms with E-state index in [1.165, 1.54) is 33.4 Å². The fraction of sp³-hybridized carbons (Fsp3) is 0.385. The predicted molar refractivity (Wildman–Crippen MR) is 117 cm³/mol. The van der Waals surface area contributed by atoms with Gasteiger partial charge in [0.25, 0.3) is 0 Å². The van der Waals surface area contributed by atoms with Gasteiger partial charge in [0, 0.05) is 0 Å². The highest BCUT2D eigenvalue weighted by molar-refractivity contribution is 5.59. The summed E-state index contributed by atoms with van der Waals surface area (Å²) in [7, 11) is 0. The number of benzene rings is 2. The topological polar surface area (TPSA) is 0 Å². The molecule has 0 spiro atoms. The van der Waals surface area contributed by atoms with Crippen LogP contribution >= 0.6 is 0 Å². The fourth-order valence-corrected chi connectivity index (χ4v) is 3.39. The minimum absolute atomic E-state index is 0.397. The molecule has 0 aliphatic heterocycles. The molecule has 0 radical (unpaired) electrons. The Hall–Kier alpha value is -2.08. The van der Waals surface area contributed by atoms with Gasteiger partial charge >= 0.3 is 0 Å². The lowest BCUT2D eigenvalue weighted by atomic mass is 9.90. The van der Waals surface area contributed by atoms with Crippen LogP contribution in [-0.2, 0) is 19.3 Å². The van der Waals surface area contributed by atoms with Crippen LogP contribution in [0.1, 0.15) is 54.2 Å². The highest BCUT2D eigenvalue weighted by atomic mass is 14.1. The van der Waals surface area contributed by atoms with Crippen molar-refractivity contribution in [2.75, 3.05) is 0 Å². The molecule has 0 aromatic heterocycles. The van der Waals surface area contributed by atoms with E-state index in [2.05, 4.69) is 89.7 Å². The van der Waals surface area contributed by atoms with E-state index in [1.807, 2.05) is 6.08 Å². The van der Waals surface area contributed by atoms with Gasteiger partial charge in [0.1, 0.15) is 0 Å². The zero-order chi connectivity index (χ0) is 19.1. The molecule has 0 heteroatoms. The molecule has 0 aliphatic rings. The Bertz CT molecular complexity index is 762. The van der Waals surface area contributed by atoms with E-state index in [4.69, 9.17) is 0 Å². The summed E-state index contributed by atoms with van der Waals surface area (Å²) in [6, 6.07) is 13.5. The van der Waals surface area contributed by atoms with Crippen LogP contribution in [-0.4, -0.2) is 0 Å².